The van der Waals surface area contributed by atoms with E-state index in [4.69, 9.17) is 0 Å². The van der Waals surface area contributed by atoms with Gasteiger partial charge in [-0.05, 0) is 42.0 Å². The summed E-state index contributed by atoms with van der Waals surface area (Å²) >= 11 is 0. The van der Waals surface area contributed by atoms with E-state index in [1.807, 2.05) is 61.8 Å². The highest BCUT2D eigenvalue weighted by atomic mass is 16.2. The third-order valence-electron chi connectivity index (χ3n) is 3.95. The number of rotatable bonds is 2. The number of benzene rings is 2. The number of hydrogen-bond acceptors (Lipinski definition) is 3. The highest BCUT2D eigenvalue weighted by Gasteiger charge is 2.20. The molecule has 4 rings (SSSR count). The largest absolute Gasteiger partial charge is 0.351 e. The number of aliphatic imine (C=N–C) groups is 1. The first-order valence-electron chi connectivity index (χ1n) is 7.68. The van der Waals surface area contributed by atoms with E-state index >= 15 is 0 Å². The average Bonchev–Trinajstić information content (AvgIpc) is 3.11. The topological polar surface area (TPSA) is 58.4 Å². The molecule has 0 spiro atoms. The van der Waals surface area contributed by atoms with Crippen molar-refractivity contribution in [3.05, 3.63) is 72.1 Å². The first kappa shape index (κ1) is 14.3. The normalized spacial score (nSPS) is 15.6. The first-order valence-corrected chi connectivity index (χ1v) is 7.68. The van der Waals surface area contributed by atoms with Crippen LogP contribution in [0.5, 0.6) is 0 Å². The Kier molecular flexibility index (Phi) is 3.39. The second-order valence-corrected chi connectivity index (χ2v) is 5.68. The van der Waals surface area contributed by atoms with E-state index in [-0.39, 0.29) is 5.91 Å². The van der Waals surface area contributed by atoms with Gasteiger partial charge < -0.3 is 9.88 Å². The van der Waals surface area contributed by atoms with Crippen molar-refractivity contribution < 1.29 is 4.79 Å². The zero-order valence-electron chi connectivity index (χ0n) is 13.2. The maximum absolute atomic E-state index is 12.1. The van der Waals surface area contributed by atoms with Gasteiger partial charge in [0.05, 0.1) is 0 Å². The Bertz CT molecular complexity index is 983. The van der Waals surface area contributed by atoms with Crippen LogP contribution in [0.1, 0.15) is 5.56 Å². The van der Waals surface area contributed by atoms with E-state index in [0.29, 0.717) is 11.7 Å². The Balaban J connectivity index is 1.61. The minimum absolute atomic E-state index is 0.207. The number of guanidine groups is 1. The number of para-hydroxylation sites is 1. The van der Waals surface area contributed by atoms with Gasteiger partial charge in [0, 0.05) is 29.8 Å². The van der Waals surface area contributed by atoms with Gasteiger partial charge in [0.15, 0.2) is 0 Å². The minimum atomic E-state index is -0.207. The Morgan fingerprint density at radius 3 is 2.79 bits per heavy atom. The molecule has 2 heterocycles. The predicted octanol–water partition coefficient (Wildman–Crippen LogP) is 3.12. The monoisotopic (exact) mass is 316 g/mol. The van der Waals surface area contributed by atoms with Crippen LogP contribution < -0.4 is 10.6 Å². The Morgan fingerprint density at radius 2 is 1.96 bits per heavy atom. The summed E-state index contributed by atoms with van der Waals surface area (Å²) in [7, 11) is 2.01. The predicted molar refractivity (Wildman–Crippen MR) is 96.5 cm³/mol. The number of carbonyl (C=O) groups excluding carboxylic acids is 1. The van der Waals surface area contributed by atoms with Gasteiger partial charge in [0.2, 0.25) is 5.96 Å². The molecule has 24 heavy (non-hydrogen) atoms. The second-order valence-electron chi connectivity index (χ2n) is 5.68. The molecule has 5 nitrogen and oxygen atoms in total. The fourth-order valence-corrected chi connectivity index (χ4v) is 2.73. The molecule has 0 saturated heterocycles. The number of hydrogen-bond donors (Lipinski definition) is 2. The van der Waals surface area contributed by atoms with E-state index < -0.39 is 0 Å². The number of nitrogens with one attached hydrogen (secondary N) is 2. The maximum atomic E-state index is 12.1. The molecule has 0 fully saturated rings. The van der Waals surface area contributed by atoms with E-state index in [2.05, 4.69) is 26.3 Å². The van der Waals surface area contributed by atoms with Crippen LogP contribution in [0.4, 0.5) is 5.69 Å². The summed E-state index contributed by atoms with van der Waals surface area (Å²) in [6, 6.07) is 17.7. The molecule has 1 aromatic heterocycles. The van der Waals surface area contributed by atoms with E-state index in [1.165, 1.54) is 0 Å². The zero-order chi connectivity index (χ0) is 16.5. The van der Waals surface area contributed by atoms with Crippen molar-refractivity contribution in [2.24, 2.45) is 12.0 Å². The van der Waals surface area contributed by atoms with Gasteiger partial charge in [-0.3, -0.25) is 10.1 Å². The fourth-order valence-electron chi connectivity index (χ4n) is 2.73. The Hall–Kier alpha value is -3.34. The lowest BCUT2D eigenvalue weighted by Gasteiger charge is -2.03. The Labute approximate surface area is 139 Å². The number of amides is 1. The van der Waals surface area contributed by atoms with Crippen LogP contribution in [-0.2, 0) is 11.8 Å². The molecule has 0 radical (unpaired) electrons. The quantitative estimate of drug-likeness (QED) is 0.714. The lowest BCUT2D eigenvalue weighted by atomic mass is 10.1. The summed E-state index contributed by atoms with van der Waals surface area (Å²) in [5.74, 6) is 0.236. The molecule has 0 atom stereocenters. The van der Waals surface area contributed by atoms with Crippen molar-refractivity contribution in [2.75, 3.05) is 5.32 Å². The fraction of sp³-hybridized carbons (Fsp3) is 0.0526. The van der Waals surface area contributed by atoms with Crippen LogP contribution in [0, 0.1) is 0 Å². The molecular formula is C19H16N4O. The van der Waals surface area contributed by atoms with Gasteiger partial charge in [-0.1, -0.05) is 24.3 Å². The van der Waals surface area contributed by atoms with Crippen molar-refractivity contribution >= 4 is 34.5 Å². The molecule has 1 amide bonds. The molecular weight excluding hydrogens is 300 g/mol. The summed E-state index contributed by atoms with van der Waals surface area (Å²) in [4.78, 5) is 16.5. The minimum Gasteiger partial charge on any atom is -0.351 e. The number of aromatic nitrogens is 1. The van der Waals surface area contributed by atoms with Crippen LogP contribution >= 0.6 is 0 Å². The highest BCUT2D eigenvalue weighted by Crippen LogP contribution is 2.20. The molecule has 2 aromatic carbocycles. The summed E-state index contributed by atoms with van der Waals surface area (Å²) in [5.41, 5.74) is 3.37. The van der Waals surface area contributed by atoms with Crippen LogP contribution in [0.3, 0.4) is 0 Å². The Morgan fingerprint density at radius 1 is 1.12 bits per heavy atom. The van der Waals surface area contributed by atoms with Gasteiger partial charge >= 0.3 is 0 Å². The molecule has 1 aliphatic heterocycles. The van der Waals surface area contributed by atoms with Crippen molar-refractivity contribution in [3.63, 3.8) is 0 Å². The molecule has 0 unspecified atom stereocenters. The molecule has 2 N–H and O–H groups in total. The van der Waals surface area contributed by atoms with E-state index in [1.54, 1.807) is 6.08 Å². The highest BCUT2D eigenvalue weighted by molar-refractivity contribution is 6.17. The molecule has 0 bridgehead atoms. The van der Waals surface area contributed by atoms with Crippen LogP contribution in [0.15, 0.2) is 71.5 Å². The van der Waals surface area contributed by atoms with Crippen molar-refractivity contribution in [1.29, 1.82) is 0 Å². The molecule has 0 aliphatic carbocycles. The van der Waals surface area contributed by atoms with Crippen LogP contribution in [-0.4, -0.2) is 16.4 Å². The number of anilines is 1. The van der Waals surface area contributed by atoms with Gasteiger partial charge in [0.25, 0.3) is 5.91 Å². The number of nitrogens with zero attached hydrogens (tertiary/aromatic N) is 2. The summed E-state index contributed by atoms with van der Waals surface area (Å²) in [6.45, 7) is 0. The summed E-state index contributed by atoms with van der Waals surface area (Å²) in [6.07, 6.45) is 3.81. The third kappa shape index (κ3) is 2.67. The van der Waals surface area contributed by atoms with Gasteiger partial charge in [-0.25, -0.2) is 4.99 Å². The number of aryl methyl sites for hydroxylation is 1. The maximum Gasteiger partial charge on any atom is 0.276 e. The number of carbonyl (C=O) groups is 1. The lowest BCUT2D eigenvalue weighted by Crippen LogP contribution is -2.29. The molecule has 0 saturated carbocycles. The second kappa shape index (κ2) is 5.70. The summed E-state index contributed by atoms with van der Waals surface area (Å²) < 4.78 is 2.06. The van der Waals surface area contributed by atoms with Crippen molar-refractivity contribution in [1.82, 2.24) is 9.88 Å². The first-order chi connectivity index (χ1) is 11.7. The van der Waals surface area contributed by atoms with Gasteiger partial charge in [0.1, 0.15) is 5.70 Å². The lowest BCUT2D eigenvalue weighted by molar-refractivity contribution is -0.115. The van der Waals surface area contributed by atoms with E-state index in [0.717, 1.165) is 22.2 Å². The zero-order valence-corrected chi connectivity index (χ0v) is 13.2. The number of fused-ring (bicyclic) bond motifs is 1. The van der Waals surface area contributed by atoms with Crippen molar-refractivity contribution in [3.8, 4) is 0 Å². The van der Waals surface area contributed by atoms with Crippen molar-refractivity contribution in [2.45, 2.75) is 0 Å². The summed E-state index contributed by atoms with van der Waals surface area (Å²) in [5, 5.41) is 6.97. The van der Waals surface area contributed by atoms with Crippen LogP contribution in [0.25, 0.3) is 17.0 Å². The smallest absolute Gasteiger partial charge is 0.276 e. The van der Waals surface area contributed by atoms with E-state index in [9.17, 15) is 4.79 Å². The molecule has 1 aliphatic rings. The molecule has 5 heteroatoms. The third-order valence-corrected chi connectivity index (χ3v) is 3.95. The SMILES string of the molecule is Cn1ccc2cc(/C=C3\N=C(Nc4ccccc4)NC3=O)ccc21. The van der Waals surface area contributed by atoms with Gasteiger partial charge in [-0.2, -0.15) is 0 Å². The molecule has 3 aromatic rings. The van der Waals surface area contributed by atoms with Gasteiger partial charge in [-0.15, -0.1) is 0 Å². The molecule has 118 valence electrons. The average molecular weight is 316 g/mol. The standard InChI is InChI=1S/C19H16N4O/c1-23-10-9-14-11-13(7-8-17(14)23)12-16-18(24)22-19(21-16)20-15-5-3-2-4-6-15/h2-12H,1H3,(H2,20,21,22,24)/b16-12-. The van der Waals surface area contributed by atoms with Crippen LogP contribution in [0.2, 0.25) is 0 Å².